The fraction of sp³-hybridized carbons (Fsp3) is 0.120. The number of carbonyl (C=O) groups is 1. The fourth-order valence-electron chi connectivity index (χ4n) is 3.28. The summed E-state index contributed by atoms with van der Waals surface area (Å²) in [5.74, 6) is 0.265. The van der Waals surface area contributed by atoms with Gasteiger partial charge in [0.1, 0.15) is 23.6 Å². The van der Waals surface area contributed by atoms with E-state index in [0.29, 0.717) is 29.0 Å². The van der Waals surface area contributed by atoms with E-state index in [1.807, 2.05) is 36.4 Å². The average molecular weight is 399 g/mol. The summed E-state index contributed by atoms with van der Waals surface area (Å²) in [7, 11) is 1.55. The zero-order valence-corrected chi connectivity index (χ0v) is 16.8. The van der Waals surface area contributed by atoms with Crippen LogP contribution in [-0.4, -0.2) is 23.2 Å². The molecule has 0 saturated carbocycles. The van der Waals surface area contributed by atoms with E-state index in [1.165, 1.54) is 5.56 Å². The molecule has 1 N–H and O–H groups in total. The van der Waals surface area contributed by atoms with Gasteiger partial charge in [-0.3, -0.25) is 0 Å². The molecule has 0 saturated heterocycles. The van der Waals surface area contributed by atoms with E-state index in [4.69, 9.17) is 9.47 Å². The Balaban J connectivity index is 1.63. The molecule has 0 aliphatic heterocycles. The normalized spacial score (nSPS) is 10.7. The maximum absolute atomic E-state index is 11.8. The minimum atomic E-state index is -1.00. The van der Waals surface area contributed by atoms with E-state index in [1.54, 1.807) is 31.4 Å². The van der Waals surface area contributed by atoms with Crippen LogP contribution in [0, 0.1) is 6.92 Å². The second kappa shape index (κ2) is 8.25. The summed E-state index contributed by atoms with van der Waals surface area (Å²) in [6.07, 6.45) is 0. The standard InChI is InChI=1S/C25H21NO4/c1-16-6-8-17(9-7-16)15-30-19-12-10-18(11-13-19)22-14-21(25(27)28)20-4-3-5-23(29-2)24(20)26-22/h3-14H,15H2,1-2H3,(H,27,28). The van der Waals surface area contributed by atoms with Gasteiger partial charge in [-0.15, -0.1) is 0 Å². The molecule has 1 heterocycles. The van der Waals surface area contributed by atoms with Crippen LogP contribution in [0.5, 0.6) is 11.5 Å². The van der Waals surface area contributed by atoms with Gasteiger partial charge in [-0.05, 0) is 48.9 Å². The van der Waals surface area contributed by atoms with Crippen LogP contribution in [0.3, 0.4) is 0 Å². The second-order valence-corrected chi connectivity index (χ2v) is 7.02. The van der Waals surface area contributed by atoms with Gasteiger partial charge in [0.15, 0.2) is 0 Å². The van der Waals surface area contributed by atoms with Crippen molar-refractivity contribution < 1.29 is 19.4 Å². The molecule has 3 aromatic carbocycles. The second-order valence-electron chi connectivity index (χ2n) is 7.02. The van der Waals surface area contributed by atoms with E-state index >= 15 is 0 Å². The van der Waals surface area contributed by atoms with Gasteiger partial charge in [0.25, 0.3) is 0 Å². The lowest BCUT2D eigenvalue weighted by Gasteiger charge is -2.11. The summed E-state index contributed by atoms with van der Waals surface area (Å²) in [5, 5.41) is 10.2. The molecule has 5 heteroatoms. The number of carboxylic acids is 1. The van der Waals surface area contributed by atoms with E-state index in [-0.39, 0.29) is 5.56 Å². The van der Waals surface area contributed by atoms with Crippen LogP contribution in [0.4, 0.5) is 0 Å². The number of hydrogen-bond acceptors (Lipinski definition) is 4. The number of hydrogen-bond donors (Lipinski definition) is 1. The van der Waals surface area contributed by atoms with E-state index in [9.17, 15) is 9.90 Å². The molecule has 0 bridgehead atoms. The maximum Gasteiger partial charge on any atom is 0.336 e. The molecule has 0 unspecified atom stereocenters. The number of benzene rings is 3. The van der Waals surface area contributed by atoms with Gasteiger partial charge >= 0.3 is 5.97 Å². The number of aromatic carboxylic acids is 1. The van der Waals surface area contributed by atoms with Gasteiger partial charge in [0, 0.05) is 10.9 Å². The third kappa shape index (κ3) is 3.96. The smallest absolute Gasteiger partial charge is 0.336 e. The Morgan fingerprint density at radius 2 is 1.73 bits per heavy atom. The highest BCUT2D eigenvalue weighted by atomic mass is 16.5. The predicted molar refractivity (Wildman–Crippen MR) is 116 cm³/mol. The van der Waals surface area contributed by atoms with Crippen molar-refractivity contribution in [2.24, 2.45) is 0 Å². The van der Waals surface area contributed by atoms with Gasteiger partial charge in [0.05, 0.1) is 18.4 Å². The number of para-hydroxylation sites is 1. The molecule has 4 aromatic rings. The lowest BCUT2D eigenvalue weighted by Crippen LogP contribution is -2.01. The Hall–Kier alpha value is -3.86. The molecular formula is C25H21NO4. The SMILES string of the molecule is COc1cccc2c(C(=O)O)cc(-c3ccc(OCc4ccc(C)cc4)cc3)nc12. The molecule has 150 valence electrons. The van der Waals surface area contributed by atoms with Crippen LogP contribution < -0.4 is 9.47 Å². The number of nitrogens with zero attached hydrogens (tertiary/aromatic N) is 1. The van der Waals surface area contributed by atoms with Crippen LogP contribution in [0.2, 0.25) is 0 Å². The molecule has 0 spiro atoms. The van der Waals surface area contributed by atoms with Crippen molar-refractivity contribution in [2.75, 3.05) is 7.11 Å². The van der Waals surface area contributed by atoms with Crippen LogP contribution in [0.15, 0.2) is 72.8 Å². The first kappa shape index (κ1) is 19.5. The van der Waals surface area contributed by atoms with E-state index in [0.717, 1.165) is 16.9 Å². The topological polar surface area (TPSA) is 68.7 Å². The highest BCUT2D eigenvalue weighted by Crippen LogP contribution is 2.31. The zero-order valence-electron chi connectivity index (χ0n) is 16.8. The number of carboxylic acid groups (broad SMARTS) is 1. The van der Waals surface area contributed by atoms with Crippen LogP contribution >= 0.6 is 0 Å². The number of aromatic nitrogens is 1. The Labute approximate surface area is 174 Å². The van der Waals surface area contributed by atoms with Crippen molar-refractivity contribution in [3.05, 3.63) is 89.5 Å². The molecule has 0 amide bonds. The highest BCUT2D eigenvalue weighted by molar-refractivity contribution is 6.05. The fourth-order valence-corrected chi connectivity index (χ4v) is 3.28. The first-order chi connectivity index (χ1) is 14.5. The summed E-state index contributed by atoms with van der Waals surface area (Å²) < 4.78 is 11.2. The van der Waals surface area contributed by atoms with Crippen molar-refractivity contribution in [1.29, 1.82) is 0 Å². The van der Waals surface area contributed by atoms with Gasteiger partial charge < -0.3 is 14.6 Å². The van der Waals surface area contributed by atoms with E-state index < -0.39 is 5.97 Å². The molecule has 0 aliphatic rings. The number of pyridine rings is 1. The molecule has 0 radical (unpaired) electrons. The quantitative estimate of drug-likeness (QED) is 0.464. The Morgan fingerprint density at radius 3 is 2.40 bits per heavy atom. The highest BCUT2D eigenvalue weighted by Gasteiger charge is 2.15. The first-order valence-electron chi connectivity index (χ1n) is 9.55. The minimum absolute atomic E-state index is 0.189. The molecule has 0 aliphatic carbocycles. The summed E-state index contributed by atoms with van der Waals surface area (Å²) in [6.45, 7) is 2.53. The Kier molecular flexibility index (Phi) is 5.35. The number of ether oxygens (including phenoxy) is 2. The number of methoxy groups -OCH3 is 1. The molecule has 30 heavy (non-hydrogen) atoms. The zero-order chi connectivity index (χ0) is 21.1. The number of rotatable bonds is 6. The largest absolute Gasteiger partial charge is 0.494 e. The van der Waals surface area contributed by atoms with Crippen LogP contribution in [0.25, 0.3) is 22.2 Å². The van der Waals surface area contributed by atoms with Crippen LogP contribution in [-0.2, 0) is 6.61 Å². The van der Waals surface area contributed by atoms with Crippen molar-refractivity contribution >= 4 is 16.9 Å². The number of fused-ring (bicyclic) bond motifs is 1. The predicted octanol–water partition coefficient (Wildman–Crippen LogP) is 5.50. The lowest BCUT2D eigenvalue weighted by molar-refractivity contribution is 0.0699. The molecule has 5 nitrogen and oxygen atoms in total. The summed E-state index contributed by atoms with van der Waals surface area (Å²) >= 11 is 0. The van der Waals surface area contributed by atoms with Crippen LogP contribution in [0.1, 0.15) is 21.5 Å². The van der Waals surface area contributed by atoms with Gasteiger partial charge in [-0.25, -0.2) is 9.78 Å². The van der Waals surface area contributed by atoms with Gasteiger partial charge in [-0.1, -0.05) is 42.0 Å². The van der Waals surface area contributed by atoms with Crippen molar-refractivity contribution in [3.8, 4) is 22.8 Å². The average Bonchev–Trinajstić information content (AvgIpc) is 2.77. The van der Waals surface area contributed by atoms with Crippen molar-refractivity contribution in [2.45, 2.75) is 13.5 Å². The third-order valence-corrected chi connectivity index (χ3v) is 4.93. The Bertz CT molecular complexity index is 1200. The third-order valence-electron chi connectivity index (χ3n) is 4.93. The monoisotopic (exact) mass is 399 g/mol. The molecule has 0 fully saturated rings. The first-order valence-corrected chi connectivity index (χ1v) is 9.55. The van der Waals surface area contributed by atoms with Gasteiger partial charge in [-0.2, -0.15) is 0 Å². The Morgan fingerprint density at radius 1 is 1.00 bits per heavy atom. The molecule has 4 rings (SSSR count). The molecule has 1 aromatic heterocycles. The summed E-state index contributed by atoms with van der Waals surface area (Å²) in [5.41, 5.74) is 4.38. The summed E-state index contributed by atoms with van der Waals surface area (Å²) in [4.78, 5) is 16.5. The van der Waals surface area contributed by atoms with Crippen molar-refractivity contribution in [1.82, 2.24) is 4.98 Å². The number of aryl methyl sites for hydroxylation is 1. The minimum Gasteiger partial charge on any atom is -0.494 e. The summed E-state index contributed by atoms with van der Waals surface area (Å²) in [6, 6.07) is 22.5. The molecular weight excluding hydrogens is 378 g/mol. The lowest BCUT2D eigenvalue weighted by atomic mass is 10.0. The van der Waals surface area contributed by atoms with Gasteiger partial charge in [0.2, 0.25) is 0 Å². The van der Waals surface area contributed by atoms with E-state index in [2.05, 4.69) is 24.0 Å². The van der Waals surface area contributed by atoms with Crippen molar-refractivity contribution in [3.63, 3.8) is 0 Å². The maximum atomic E-state index is 11.8. The molecule has 0 atom stereocenters.